The lowest BCUT2D eigenvalue weighted by molar-refractivity contribution is 0.208. The van der Waals surface area contributed by atoms with Crippen LogP contribution in [-0.2, 0) is 6.54 Å². The SMILES string of the molecule is CCn1nccc1C(O)c1cc(Br)cc(Br)c1. The minimum atomic E-state index is -0.661. The number of halogens is 2. The van der Waals surface area contributed by atoms with E-state index >= 15 is 0 Å². The Kier molecular flexibility index (Phi) is 4.01. The van der Waals surface area contributed by atoms with E-state index in [-0.39, 0.29) is 0 Å². The molecule has 1 atom stereocenters. The molecule has 0 fully saturated rings. The van der Waals surface area contributed by atoms with E-state index in [0.717, 1.165) is 26.7 Å². The number of aliphatic hydroxyl groups is 1. The summed E-state index contributed by atoms with van der Waals surface area (Å²) in [6.45, 7) is 2.74. The predicted octanol–water partition coefficient (Wildman–Crippen LogP) is 3.51. The molecule has 0 aliphatic heterocycles. The van der Waals surface area contributed by atoms with Gasteiger partial charge in [-0.2, -0.15) is 5.10 Å². The van der Waals surface area contributed by atoms with Crippen molar-refractivity contribution in [1.82, 2.24) is 9.78 Å². The highest BCUT2D eigenvalue weighted by atomic mass is 79.9. The van der Waals surface area contributed by atoms with Gasteiger partial charge in [-0.25, -0.2) is 0 Å². The van der Waals surface area contributed by atoms with Gasteiger partial charge < -0.3 is 5.11 Å². The van der Waals surface area contributed by atoms with Crippen LogP contribution in [0.4, 0.5) is 0 Å². The normalized spacial score (nSPS) is 12.7. The fraction of sp³-hybridized carbons (Fsp3) is 0.250. The second-order valence-electron chi connectivity index (χ2n) is 3.68. The minimum absolute atomic E-state index is 0.661. The highest BCUT2D eigenvalue weighted by Gasteiger charge is 2.15. The molecule has 2 rings (SSSR count). The summed E-state index contributed by atoms with van der Waals surface area (Å²) in [7, 11) is 0. The van der Waals surface area contributed by atoms with Gasteiger partial charge in [0.25, 0.3) is 0 Å². The van der Waals surface area contributed by atoms with Gasteiger partial charge in [-0.15, -0.1) is 0 Å². The fourth-order valence-corrected chi connectivity index (χ4v) is 3.07. The van der Waals surface area contributed by atoms with E-state index in [9.17, 15) is 5.11 Å². The highest BCUT2D eigenvalue weighted by Crippen LogP contribution is 2.27. The first-order chi connectivity index (χ1) is 8.11. The lowest BCUT2D eigenvalue weighted by Gasteiger charge is -2.13. The standard InChI is InChI=1S/C12H12Br2N2O/c1-2-16-11(3-4-15-16)12(17)8-5-9(13)7-10(14)6-8/h3-7,12,17H,2H2,1H3. The quantitative estimate of drug-likeness (QED) is 0.910. The van der Waals surface area contributed by atoms with Crippen LogP contribution in [-0.4, -0.2) is 14.9 Å². The average molecular weight is 360 g/mol. The van der Waals surface area contributed by atoms with E-state index in [1.807, 2.05) is 31.2 Å². The monoisotopic (exact) mass is 358 g/mol. The number of benzene rings is 1. The molecule has 0 bridgehead atoms. The Morgan fingerprint density at radius 2 is 1.94 bits per heavy atom. The lowest BCUT2D eigenvalue weighted by atomic mass is 10.1. The molecule has 0 saturated carbocycles. The van der Waals surface area contributed by atoms with Crippen molar-refractivity contribution in [2.45, 2.75) is 19.6 Å². The van der Waals surface area contributed by atoms with Gasteiger partial charge in [-0.3, -0.25) is 4.68 Å². The fourth-order valence-electron chi connectivity index (χ4n) is 1.74. The number of hydrogen-bond donors (Lipinski definition) is 1. The smallest absolute Gasteiger partial charge is 0.121 e. The van der Waals surface area contributed by atoms with Crippen molar-refractivity contribution >= 4 is 31.9 Å². The zero-order valence-electron chi connectivity index (χ0n) is 9.27. The Hall–Kier alpha value is -0.650. The predicted molar refractivity (Wildman–Crippen MR) is 73.8 cm³/mol. The van der Waals surface area contributed by atoms with Crippen molar-refractivity contribution in [3.05, 3.63) is 50.7 Å². The molecule has 5 heteroatoms. The van der Waals surface area contributed by atoms with Crippen molar-refractivity contribution in [3.8, 4) is 0 Å². The molecule has 0 amide bonds. The van der Waals surface area contributed by atoms with E-state index in [1.165, 1.54) is 0 Å². The zero-order valence-corrected chi connectivity index (χ0v) is 12.4. The molecule has 1 heterocycles. The van der Waals surface area contributed by atoms with Gasteiger partial charge in [0.1, 0.15) is 6.10 Å². The van der Waals surface area contributed by atoms with Gasteiger partial charge >= 0.3 is 0 Å². The molecule has 2 aromatic rings. The van der Waals surface area contributed by atoms with Crippen molar-refractivity contribution in [1.29, 1.82) is 0 Å². The molecule has 1 N–H and O–H groups in total. The third kappa shape index (κ3) is 2.78. The van der Waals surface area contributed by atoms with E-state index in [1.54, 1.807) is 10.9 Å². The number of rotatable bonds is 3. The van der Waals surface area contributed by atoms with Crippen LogP contribution in [0.3, 0.4) is 0 Å². The van der Waals surface area contributed by atoms with Gasteiger partial charge in [0.15, 0.2) is 0 Å². The molecule has 0 spiro atoms. The largest absolute Gasteiger partial charge is 0.382 e. The maximum atomic E-state index is 10.3. The third-order valence-electron chi connectivity index (χ3n) is 2.53. The van der Waals surface area contributed by atoms with Crippen LogP contribution in [0.2, 0.25) is 0 Å². The zero-order chi connectivity index (χ0) is 12.4. The average Bonchev–Trinajstić information content (AvgIpc) is 2.74. The lowest BCUT2D eigenvalue weighted by Crippen LogP contribution is -2.09. The van der Waals surface area contributed by atoms with E-state index in [0.29, 0.717) is 0 Å². The third-order valence-corrected chi connectivity index (χ3v) is 3.45. The van der Waals surface area contributed by atoms with E-state index in [2.05, 4.69) is 37.0 Å². The summed E-state index contributed by atoms with van der Waals surface area (Å²) < 4.78 is 3.66. The maximum absolute atomic E-state index is 10.3. The summed E-state index contributed by atoms with van der Waals surface area (Å²) in [5, 5.41) is 14.5. The number of aromatic nitrogens is 2. The summed E-state index contributed by atoms with van der Waals surface area (Å²) in [5.41, 5.74) is 1.64. The summed E-state index contributed by atoms with van der Waals surface area (Å²) in [5.74, 6) is 0. The van der Waals surface area contributed by atoms with Crippen LogP contribution in [0.25, 0.3) is 0 Å². The van der Waals surface area contributed by atoms with Crippen LogP contribution < -0.4 is 0 Å². The highest BCUT2D eigenvalue weighted by molar-refractivity contribution is 9.11. The molecule has 1 aromatic carbocycles. The number of hydrogen-bond acceptors (Lipinski definition) is 2. The Balaban J connectivity index is 2.39. The topological polar surface area (TPSA) is 38.0 Å². The molecule has 0 aliphatic rings. The van der Waals surface area contributed by atoms with Gasteiger partial charge in [0, 0.05) is 21.7 Å². The van der Waals surface area contributed by atoms with Crippen LogP contribution in [0.15, 0.2) is 39.4 Å². The Labute approximate surface area is 117 Å². The van der Waals surface area contributed by atoms with E-state index in [4.69, 9.17) is 0 Å². The van der Waals surface area contributed by atoms with Crippen LogP contribution in [0, 0.1) is 0 Å². The number of nitrogens with zero attached hydrogens (tertiary/aromatic N) is 2. The molecule has 17 heavy (non-hydrogen) atoms. The first kappa shape index (κ1) is 12.8. The van der Waals surface area contributed by atoms with Crippen LogP contribution in [0.5, 0.6) is 0 Å². The molecule has 3 nitrogen and oxygen atoms in total. The number of aryl methyl sites for hydroxylation is 1. The van der Waals surface area contributed by atoms with Crippen LogP contribution in [0.1, 0.15) is 24.3 Å². The van der Waals surface area contributed by atoms with Crippen LogP contribution >= 0.6 is 31.9 Å². The van der Waals surface area contributed by atoms with Crippen molar-refractivity contribution in [3.63, 3.8) is 0 Å². The first-order valence-electron chi connectivity index (χ1n) is 5.27. The molecular formula is C12H12Br2N2O. The summed E-state index contributed by atoms with van der Waals surface area (Å²) >= 11 is 6.83. The summed E-state index contributed by atoms with van der Waals surface area (Å²) in [6.07, 6.45) is 1.04. The van der Waals surface area contributed by atoms with Gasteiger partial charge in [-0.05, 0) is 36.8 Å². The minimum Gasteiger partial charge on any atom is -0.382 e. The summed E-state index contributed by atoms with van der Waals surface area (Å²) in [6, 6.07) is 7.58. The first-order valence-corrected chi connectivity index (χ1v) is 6.86. The molecule has 0 saturated heterocycles. The van der Waals surface area contributed by atoms with Gasteiger partial charge in [0.2, 0.25) is 0 Å². The Morgan fingerprint density at radius 3 is 2.53 bits per heavy atom. The Morgan fingerprint density at radius 1 is 1.29 bits per heavy atom. The molecule has 1 unspecified atom stereocenters. The maximum Gasteiger partial charge on any atom is 0.121 e. The number of aliphatic hydroxyl groups excluding tert-OH is 1. The van der Waals surface area contributed by atoms with Crippen molar-refractivity contribution in [2.75, 3.05) is 0 Å². The molecule has 0 aliphatic carbocycles. The summed E-state index contributed by atoms with van der Waals surface area (Å²) in [4.78, 5) is 0. The van der Waals surface area contributed by atoms with Crippen molar-refractivity contribution in [2.24, 2.45) is 0 Å². The Bertz CT molecular complexity index is 505. The molecule has 1 aromatic heterocycles. The van der Waals surface area contributed by atoms with E-state index < -0.39 is 6.10 Å². The second-order valence-corrected chi connectivity index (χ2v) is 5.51. The second kappa shape index (κ2) is 5.33. The molecular weight excluding hydrogens is 348 g/mol. The van der Waals surface area contributed by atoms with Crippen molar-refractivity contribution < 1.29 is 5.11 Å². The van der Waals surface area contributed by atoms with Gasteiger partial charge in [0.05, 0.1) is 5.69 Å². The molecule has 90 valence electrons. The van der Waals surface area contributed by atoms with Gasteiger partial charge in [-0.1, -0.05) is 31.9 Å². The molecule has 0 radical (unpaired) electrons.